The van der Waals surface area contributed by atoms with E-state index >= 15 is 0 Å². The zero-order valence-electron chi connectivity index (χ0n) is 22.1. The summed E-state index contributed by atoms with van der Waals surface area (Å²) in [5, 5.41) is 18.4. The number of anilines is 1. The summed E-state index contributed by atoms with van der Waals surface area (Å²) in [6, 6.07) is 13.5. The van der Waals surface area contributed by atoms with Crippen molar-refractivity contribution in [3.8, 4) is 22.9 Å². The predicted octanol–water partition coefficient (Wildman–Crippen LogP) is 5.25. The number of hydrogen-bond donors (Lipinski definition) is 1. The summed E-state index contributed by atoms with van der Waals surface area (Å²) < 4.78 is 1.63. The molecular formula is C30H29ClN6O2. The number of aromatic nitrogens is 3. The van der Waals surface area contributed by atoms with Crippen LogP contribution in [-0.4, -0.2) is 51.2 Å². The van der Waals surface area contributed by atoms with Crippen LogP contribution in [0.25, 0.3) is 27.7 Å². The molecule has 1 atom stereocenters. The molecule has 2 aromatic carbocycles. The first-order valence-electron chi connectivity index (χ1n) is 12.9. The van der Waals surface area contributed by atoms with E-state index in [2.05, 4.69) is 36.7 Å². The molecule has 39 heavy (non-hydrogen) atoms. The third-order valence-corrected chi connectivity index (χ3v) is 7.67. The Hall–Kier alpha value is -4.35. The zero-order chi connectivity index (χ0) is 27.8. The van der Waals surface area contributed by atoms with Gasteiger partial charge in [0.05, 0.1) is 23.1 Å². The molecule has 0 aliphatic carbocycles. The van der Waals surface area contributed by atoms with Gasteiger partial charge in [0.2, 0.25) is 5.91 Å². The number of nitrogens with zero attached hydrogens (tertiary/aromatic N) is 5. The number of fused-ring (bicyclic) bond motifs is 1. The maximum atomic E-state index is 14.2. The van der Waals surface area contributed by atoms with Gasteiger partial charge in [-0.15, -0.1) is 0 Å². The van der Waals surface area contributed by atoms with Crippen molar-refractivity contribution in [1.82, 2.24) is 19.7 Å². The largest absolute Gasteiger partial charge is 0.363 e. The fraction of sp³-hybridized carbons (Fsp3) is 0.267. The number of nitriles is 1. The lowest BCUT2D eigenvalue weighted by Gasteiger charge is -2.41. The molecule has 1 amide bonds. The normalized spacial score (nSPS) is 15.5. The molecule has 1 saturated heterocycles. The molecule has 0 spiro atoms. The van der Waals surface area contributed by atoms with Gasteiger partial charge in [0.25, 0.3) is 5.56 Å². The highest BCUT2D eigenvalue weighted by Crippen LogP contribution is 2.39. The van der Waals surface area contributed by atoms with Crippen molar-refractivity contribution < 1.29 is 4.79 Å². The first-order chi connectivity index (χ1) is 18.8. The number of benzene rings is 2. The lowest BCUT2D eigenvalue weighted by atomic mass is 9.98. The second-order valence-electron chi connectivity index (χ2n) is 10.1. The molecular weight excluding hydrogens is 512 g/mol. The van der Waals surface area contributed by atoms with Gasteiger partial charge in [-0.05, 0) is 42.7 Å². The molecule has 0 radical (unpaired) electrons. The smallest absolute Gasteiger partial charge is 0.275 e. The molecule has 8 nitrogen and oxygen atoms in total. The summed E-state index contributed by atoms with van der Waals surface area (Å²) in [6.07, 6.45) is 4.74. The van der Waals surface area contributed by atoms with Gasteiger partial charge in [0, 0.05) is 53.4 Å². The average Bonchev–Trinajstić information content (AvgIpc) is 3.47. The van der Waals surface area contributed by atoms with E-state index in [-0.39, 0.29) is 23.4 Å². The van der Waals surface area contributed by atoms with Crippen molar-refractivity contribution in [2.75, 3.05) is 24.5 Å². The van der Waals surface area contributed by atoms with Crippen LogP contribution < -0.4 is 10.5 Å². The van der Waals surface area contributed by atoms with E-state index in [0.29, 0.717) is 41.2 Å². The number of aromatic amines is 1. The lowest BCUT2D eigenvalue weighted by Crippen LogP contribution is -2.54. The summed E-state index contributed by atoms with van der Waals surface area (Å²) >= 11 is 6.85. The van der Waals surface area contributed by atoms with Crippen molar-refractivity contribution in [3.63, 3.8) is 0 Å². The van der Waals surface area contributed by atoms with Gasteiger partial charge in [-0.3, -0.25) is 19.3 Å². The fourth-order valence-electron chi connectivity index (χ4n) is 5.45. The number of amides is 1. The van der Waals surface area contributed by atoms with Crippen LogP contribution >= 0.6 is 11.6 Å². The zero-order valence-corrected chi connectivity index (χ0v) is 22.9. The van der Waals surface area contributed by atoms with E-state index in [1.165, 1.54) is 6.08 Å². The Morgan fingerprint density at radius 3 is 2.69 bits per heavy atom. The van der Waals surface area contributed by atoms with Crippen molar-refractivity contribution in [2.45, 2.75) is 32.7 Å². The van der Waals surface area contributed by atoms with E-state index in [1.54, 1.807) is 21.9 Å². The highest BCUT2D eigenvalue weighted by atomic mass is 35.5. The van der Waals surface area contributed by atoms with Crippen LogP contribution in [0.2, 0.25) is 5.02 Å². The fourth-order valence-corrected chi connectivity index (χ4v) is 5.72. The van der Waals surface area contributed by atoms with E-state index < -0.39 is 5.56 Å². The van der Waals surface area contributed by atoms with Crippen LogP contribution in [0.5, 0.6) is 0 Å². The van der Waals surface area contributed by atoms with Gasteiger partial charge < -0.3 is 9.80 Å². The van der Waals surface area contributed by atoms with Gasteiger partial charge in [-0.1, -0.05) is 50.2 Å². The number of piperazine rings is 1. The average molecular weight is 541 g/mol. The topological polar surface area (TPSA) is 98.0 Å². The molecule has 4 aromatic rings. The Kier molecular flexibility index (Phi) is 7.02. The number of rotatable bonds is 5. The van der Waals surface area contributed by atoms with E-state index in [1.807, 2.05) is 48.2 Å². The second-order valence-corrected chi connectivity index (χ2v) is 10.5. The van der Waals surface area contributed by atoms with Gasteiger partial charge in [-0.2, -0.15) is 10.4 Å². The molecule has 3 heterocycles. The maximum absolute atomic E-state index is 14.2. The molecule has 1 N–H and O–H groups in total. The molecule has 198 valence electrons. The number of para-hydroxylation sites is 1. The van der Waals surface area contributed by atoms with Gasteiger partial charge >= 0.3 is 0 Å². The molecule has 1 fully saturated rings. The Morgan fingerprint density at radius 2 is 2.05 bits per heavy atom. The third-order valence-electron chi connectivity index (χ3n) is 7.36. The number of nitrogens with one attached hydrogen (secondary N) is 1. The highest BCUT2D eigenvalue weighted by molar-refractivity contribution is 6.34. The van der Waals surface area contributed by atoms with Crippen LogP contribution in [0, 0.1) is 11.3 Å². The third kappa shape index (κ3) is 4.49. The molecule has 0 bridgehead atoms. The van der Waals surface area contributed by atoms with Crippen LogP contribution in [0.1, 0.15) is 37.8 Å². The summed E-state index contributed by atoms with van der Waals surface area (Å²) in [5.74, 6) is 0.00452. The SMILES string of the molecule is C=CC(=O)N1CCN(c2c(C#N)c(=O)n(-c3ccccc3C(C)C)c3cc(-c4cn[nH]c4)c(Cl)cc23)[C@@H](C)C1. The standard InChI is InChI=1S/C30H29ClN6O2/c1-5-28(38)35-10-11-36(19(4)17-35)29-23-12-25(31)22(20-15-33-34-16-20)13-27(23)37(30(39)24(29)14-32)26-9-7-6-8-21(26)18(2)3/h5-9,12-13,15-16,18-19H,1,10-11,17H2,2-4H3,(H,33,34)/t19-/m0/s1. The number of pyridine rings is 1. The minimum atomic E-state index is -0.398. The van der Waals surface area contributed by atoms with E-state index in [4.69, 9.17) is 11.6 Å². The van der Waals surface area contributed by atoms with Gasteiger partial charge in [0.1, 0.15) is 11.6 Å². The van der Waals surface area contributed by atoms with Crippen LogP contribution in [0.15, 0.2) is 66.2 Å². The van der Waals surface area contributed by atoms with Crippen LogP contribution in [0.3, 0.4) is 0 Å². The summed E-state index contributed by atoms with van der Waals surface area (Å²) in [6.45, 7) is 11.1. The second kappa shape index (κ2) is 10.4. The van der Waals surface area contributed by atoms with Crippen LogP contribution in [0.4, 0.5) is 5.69 Å². The molecule has 9 heteroatoms. The molecule has 2 aromatic heterocycles. The first kappa shape index (κ1) is 26.3. The molecule has 1 aliphatic heterocycles. The number of H-pyrrole nitrogens is 1. The number of halogens is 1. The monoisotopic (exact) mass is 540 g/mol. The molecule has 1 aliphatic rings. The first-order valence-corrected chi connectivity index (χ1v) is 13.2. The van der Waals surface area contributed by atoms with Gasteiger partial charge in [-0.25, -0.2) is 0 Å². The molecule has 0 saturated carbocycles. The van der Waals surface area contributed by atoms with Crippen molar-refractivity contribution in [2.24, 2.45) is 0 Å². The molecule has 0 unspecified atom stereocenters. The Morgan fingerprint density at radius 1 is 1.28 bits per heavy atom. The quantitative estimate of drug-likeness (QED) is 0.348. The van der Waals surface area contributed by atoms with E-state index in [0.717, 1.165) is 22.4 Å². The summed E-state index contributed by atoms with van der Waals surface area (Å²) in [7, 11) is 0. The van der Waals surface area contributed by atoms with Gasteiger partial charge in [0.15, 0.2) is 0 Å². The summed E-state index contributed by atoms with van der Waals surface area (Å²) in [4.78, 5) is 30.3. The Labute approximate surface area is 231 Å². The predicted molar refractivity (Wildman–Crippen MR) is 155 cm³/mol. The summed E-state index contributed by atoms with van der Waals surface area (Å²) in [5.41, 5.74) is 4.04. The van der Waals surface area contributed by atoms with Crippen molar-refractivity contribution in [1.29, 1.82) is 5.26 Å². The number of carbonyl (C=O) groups excluding carboxylic acids is 1. The highest BCUT2D eigenvalue weighted by Gasteiger charge is 2.31. The van der Waals surface area contributed by atoms with Crippen LogP contribution in [-0.2, 0) is 4.79 Å². The van der Waals surface area contributed by atoms with E-state index in [9.17, 15) is 14.9 Å². The number of carbonyl (C=O) groups is 1. The Balaban J connectivity index is 1.85. The molecule has 5 rings (SSSR count). The van der Waals surface area contributed by atoms with Crippen molar-refractivity contribution in [3.05, 3.63) is 88.0 Å². The van der Waals surface area contributed by atoms with Crippen molar-refractivity contribution >= 4 is 34.1 Å². The maximum Gasteiger partial charge on any atom is 0.275 e. The minimum Gasteiger partial charge on any atom is -0.363 e. The Bertz CT molecular complexity index is 1680. The number of hydrogen-bond acceptors (Lipinski definition) is 5. The minimum absolute atomic E-state index is 0.0449. The lowest BCUT2D eigenvalue weighted by molar-refractivity contribution is -0.126.